The summed E-state index contributed by atoms with van der Waals surface area (Å²) < 4.78 is 0. The maximum Gasteiger partial charge on any atom is 0.262 e. The van der Waals surface area contributed by atoms with Crippen LogP contribution >= 0.6 is 23.2 Å². The minimum Gasteiger partial charge on any atom is -0.324 e. The number of anilines is 1. The minimum atomic E-state index is -0.560. The molecule has 0 saturated heterocycles. The predicted molar refractivity (Wildman–Crippen MR) is 96.4 cm³/mol. The number of imide groups is 1. The van der Waals surface area contributed by atoms with Gasteiger partial charge in [-0.25, -0.2) is 0 Å². The molecule has 0 aromatic heterocycles. The van der Waals surface area contributed by atoms with Crippen molar-refractivity contribution in [1.29, 1.82) is 0 Å². The lowest BCUT2D eigenvalue weighted by Gasteiger charge is -2.15. The van der Waals surface area contributed by atoms with Gasteiger partial charge in [-0.05, 0) is 43.2 Å². The number of carbonyl (C=O) groups excluding carboxylic acids is 3. The Morgan fingerprint density at radius 3 is 2.16 bits per heavy atom. The molecule has 5 nitrogen and oxygen atoms in total. The van der Waals surface area contributed by atoms with Crippen molar-refractivity contribution in [2.75, 3.05) is 11.9 Å². The number of hydrogen-bond acceptors (Lipinski definition) is 3. The number of nitrogens with one attached hydrogen (secondary N) is 1. The van der Waals surface area contributed by atoms with Crippen molar-refractivity contribution < 1.29 is 14.4 Å². The average Bonchev–Trinajstić information content (AvgIpc) is 2.77. The highest BCUT2D eigenvalue weighted by Crippen LogP contribution is 2.31. The van der Waals surface area contributed by atoms with Crippen LogP contribution in [-0.2, 0) is 4.79 Å². The molecule has 0 bridgehead atoms. The number of halogens is 2. The van der Waals surface area contributed by atoms with Gasteiger partial charge in [0.1, 0.15) is 6.54 Å². The van der Waals surface area contributed by atoms with E-state index < -0.39 is 17.7 Å². The van der Waals surface area contributed by atoms with Crippen molar-refractivity contribution in [3.05, 3.63) is 62.6 Å². The highest BCUT2D eigenvalue weighted by molar-refractivity contribution is 6.43. The predicted octanol–water partition coefficient (Wildman–Crippen LogP) is 3.84. The van der Waals surface area contributed by atoms with Gasteiger partial charge in [-0.15, -0.1) is 0 Å². The van der Waals surface area contributed by atoms with Crippen LogP contribution in [0.2, 0.25) is 10.0 Å². The lowest BCUT2D eigenvalue weighted by molar-refractivity contribution is -0.116. The van der Waals surface area contributed by atoms with Gasteiger partial charge in [0.2, 0.25) is 5.91 Å². The number of fused-ring (bicyclic) bond motifs is 1. The Hall–Kier alpha value is -2.37. The van der Waals surface area contributed by atoms with Crippen LogP contribution in [0.25, 0.3) is 0 Å². The van der Waals surface area contributed by atoms with E-state index in [1.165, 1.54) is 12.1 Å². The number of benzene rings is 2. The smallest absolute Gasteiger partial charge is 0.262 e. The molecule has 1 heterocycles. The second-order valence-corrected chi connectivity index (χ2v) is 6.62. The summed E-state index contributed by atoms with van der Waals surface area (Å²) in [7, 11) is 0. The Bertz CT molecular complexity index is 884. The van der Waals surface area contributed by atoms with E-state index in [1.54, 1.807) is 6.07 Å². The largest absolute Gasteiger partial charge is 0.324 e. The molecular weight excluding hydrogens is 363 g/mol. The Balaban J connectivity index is 1.80. The van der Waals surface area contributed by atoms with E-state index in [9.17, 15) is 14.4 Å². The van der Waals surface area contributed by atoms with E-state index >= 15 is 0 Å². The molecule has 0 fully saturated rings. The standard InChI is InChI=1S/C18H14Cl2N2O3/c1-9-4-3-5-15(10(9)2)21-16(23)8-22-17(24)11-6-13(19)14(20)7-12(11)18(22)25/h3-7H,8H2,1-2H3,(H,21,23). The van der Waals surface area contributed by atoms with E-state index in [-0.39, 0.29) is 27.7 Å². The van der Waals surface area contributed by atoms with E-state index in [4.69, 9.17) is 23.2 Å². The highest BCUT2D eigenvalue weighted by Gasteiger charge is 2.37. The fraction of sp³-hybridized carbons (Fsp3) is 0.167. The van der Waals surface area contributed by atoms with E-state index in [0.29, 0.717) is 5.69 Å². The molecule has 2 aromatic rings. The zero-order valence-corrected chi connectivity index (χ0v) is 15.0. The van der Waals surface area contributed by atoms with Crippen molar-refractivity contribution in [1.82, 2.24) is 4.90 Å². The van der Waals surface area contributed by atoms with Crippen LogP contribution in [0.1, 0.15) is 31.8 Å². The summed E-state index contributed by atoms with van der Waals surface area (Å²) >= 11 is 11.8. The van der Waals surface area contributed by atoms with Crippen molar-refractivity contribution in [3.63, 3.8) is 0 Å². The molecule has 128 valence electrons. The normalized spacial score (nSPS) is 13.2. The van der Waals surface area contributed by atoms with E-state index in [2.05, 4.69) is 5.32 Å². The lowest BCUT2D eigenvalue weighted by atomic mass is 10.1. The Morgan fingerprint density at radius 1 is 1.04 bits per heavy atom. The zero-order valence-electron chi connectivity index (χ0n) is 13.5. The quantitative estimate of drug-likeness (QED) is 0.827. The summed E-state index contributed by atoms with van der Waals surface area (Å²) in [5.41, 5.74) is 2.91. The molecule has 7 heteroatoms. The second-order valence-electron chi connectivity index (χ2n) is 5.80. The fourth-order valence-electron chi connectivity index (χ4n) is 2.65. The topological polar surface area (TPSA) is 66.5 Å². The monoisotopic (exact) mass is 376 g/mol. The molecule has 0 spiro atoms. The SMILES string of the molecule is Cc1cccc(NC(=O)CN2C(=O)c3cc(Cl)c(Cl)cc3C2=O)c1C. The minimum absolute atomic E-state index is 0.152. The third kappa shape index (κ3) is 3.13. The maximum absolute atomic E-state index is 12.4. The van der Waals surface area contributed by atoms with Gasteiger partial charge in [0.15, 0.2) is 0 Å². The summed E-state index contributed by atoms with van der Waals surface area (Å²) in [6.07, 6.45) is 0. The first-order valence-electron chi connectivity index (χ1n) is 7.51. The number of hydrogen-bond donors (Lipinski definition) is 1. The molecule has 1 aliphatic rings. The molecule has 0 aliphatic carbocycles. The summed E-state index contributed by atoms with van der Waals surface area (Å²) in [4.78, 5) is 38.0. The van der Waals surface area contributed by atoms with Crippen molar-refractivity contribution in [3.8, 4) is 0 Å². The van der Waals surface area contributed by atoms with Crippen LogP contribution in [0.15, 0.2) is 30.3 Å². The first-order chi connectivity index (χ1) is 11.8. The molecule has 1 aliphatic heterocycles. The Labute approximate surface area is 154 Å². The number of amides is 3. The van der Waals surface area contributed by atoms with Gasteiger partial charge in [-0.1, -0.05) is 35.3 Å². The number of rotatable bonds is 3. The van der Waals surface area contributed by atoms with Crippen LogP contribution in [0.5, 0.6) is 0 Å². The number of carbonyl (C=O) groups is 3. The average molecular weight is 377 g/mol. The van der Waals surface area contributed by atoms with E-state index in [0.717, 1.165) is 16.0 Å². The van der Waals surface area contributed by atoms with Gasteiger partial charge in [-0.2, -0.15) is 0 Å². The molecule has 25 heavy (non-hydrogen) atoms. The zero-order chi connectivity index (χ0) is 18.3. The first-order valence-corrected chi connectivity index (χ1v) is 8.26. The summed E-state index contributed by atoms with van der Waals surface area (Å²) in [6.45, 7) is 3.44. The molecule has 1 N–H and O–H groups in total. The van der Waals surface area contributed by atoms with E-state index in [1.807, 2.05) is 26.0 Å². The fourth-order valence-corrected chi connectivity index (χ4v) is 2.97. The van der Waals surface area contributed by atoms with Gasteiger partial charge in [-0.3, -0.25) is 19.3 Å². The summed E-state index contributed by atoms with van der Waals surface area (Å²) in [5.74, 6) is -1.58. The van der Waals surface area contributed by atoms with Gasteiger partial charge >= 0.3 is 0 Å². The third-order valence-electron chi connectivity index (χ3n) is 4.19. The maximum atomic E-state index is 12.4. The van der Waals surface area contributed by atoms with Crippen LogP contribution in [0, 0.1) is 13.8 Å². The second kappa shape index (κ2) is 6.50. The Kier molecular flexibility index (Phi) is 4.54. The molecule has 0 radical (unpaired) electrons. The van der Waals surface area contributed by atoms with Crippen LogP contribution in [0.4, 0.5) is 5.69 Å². The van der Waals surface area contributed by atoms with Crippen LogP contribution in [-0.4, -0.2) is 29.2 Å². The first kappa shape index (κ1) is 17.5. The van der Waals surface area contributed by atoms with Gasteiger partial charge in [0.25, 0.3) is 11.8 Å². The van der Waals surface area contributed by atoms with Crippen molar-refractivity contribution >= 4 is 46.6 Å². The molecular formula is C18H14Cl2N2O3. The van der Waals surface area contributed by atoms with Gasteiger partial charge in [0, 0.05) is 5.69 Å². The van der Waals surface area contributed by atoms with Gasteiger partial charge < -0.3 is 5.32 Å². The number of nitrogens with zero attached hydrogens (tertiary/aromatic N) is 1. The van der Waals surface area contributed by atoms with Gasteiger partial charge in [0.05, 0.1) is 21.2 Å². The van der Waals surface area contributed by atoms with Crippen LogP contribution in [0.3, 0.4) is 0 Å². The number of aryl methyl sites for hydroxylation is 1. The molecule has 3 rings (SSSR count). The Morgan fingerprint density at radius 2 is 1.60 bits per heavy atom. The third-order valence-corrected chi connectivity index (χ3v) is 4.91. The lowest BCUT2D eigenvalue weighted by Crippen LogP contribution is -2.37. The summed E-state index contributed by atoms with van der Waals surface area (Å²) in [6, 6.07) is 8.22. The van der Waals surface area contributed by atoms with Crippen molar-refractivity contribution in [2.24, 2.45) is 0 Å². The van der Waals surface area contributed by atoms with Crippen LogP contribution < -0.4 is 5.32 Å². The summed E-state index contributed by atoms with van der Waals surface area (Å²) in [5, 5.41) is 3.10. The molecule has 0 atom stereocenters. The van der Waals surface area contributed by atoms with Crippen molar-refractivity contribution in [2.45, 2.75) is 13.8 Å². The molecule has 2 aromatic carbocycles. The molecule has 3 amide bonds. The molecule has 0 unspecified atom stereocenters. The molecule has 0 saturated carbocycles. The highest BCUT2D eigenvalue weighted by atomic mass is 35.5.